The van der Waals surface area contributed by atoms with Gasteiger partial charge < -0.3 is 15.8 Å². The summed E-state index contributed by atoms with van der Waals surface area (Å²) in [5, 5.41) is 3.08. The first-order chi connectivity index (χ1) is 9.65. The number of carbonyl (C=O) groups excluding carboxylic acids is 1. The number of nitrogens with one attached hydrogen (secondary N) is 1. The van der Waals surface area contributed by atoms with Crippen molar-refractivity contribution in [2.75, 3.05) is 13.7 Å². The van der Waals surface area contributed by atoms with Crippen molar-refractivity contribution in [3.63, 3.8) is 0 Å². The summed E-state index contributed by atoms with van der Waals surface area (Å²) in [6, 6.07) is 5.69. The smallest absolute Gasteiger partial charge is 0.255 e. The molecule has 4 heteroatoms. The summed E-state index contributed by atoms with van der Waals surface area (Å²) in [5.74, 6) is 1.03. The Balaban J connectivity index is 2.12. The zero-order valence-corrected chi connectivity index (χ0v) is 12.3. The number of carbonyl (C=O) groups is 1. The average molecular weight is 276 g/mol. The highest BCUT2D eigenvalue weighted by Crippen LogP contribution is 2.28. The number of benzene rings is 1. The van der Waals surface area contributed by atoms with Gasteiger partial charge in [0, 0.05) is 12.6 Å². The monoisotopic (exact) mass is 276 g/mol. The lowest BCUT2D eigenvalue weighted by Crippen LogP contribution is -2.44. The van der Waals surface area contributed by atoms with E-state index in [0.29, 0.717) is 23.8 Å². The summed E-state index contributed by atoms with van der Waals surface area (Å²) in [6.07, 6.45) is 4.80. The molecule has 1 fully saturated rings. The number of aryl methyl sites for hydroxylation is 1. The maximum Gasteiger partial charge on any atom is 0.255 e. The molecule has 2 rings (SSSR count). The summed E-state index contributed by atoms with van der Waals surface area (Å²) in [6.45, 7) is 2.46. The van der Waals surface area contributed by atoms with Crippen molar-refractivity contribution in [1.82, 2.24) is 5.32 Å². The third kappa shape index (κ3) is 3.31. The summed E-state index contributed by atoms with van der Waals surface area (Å²) in [4.78, 5) is 12.5. The molecule has 1 aromatic rings. The van der Waals surface area contributed by atoms with Crippen LogP contribution >= 0.6 is 0 Å². The number of amides is 1. The van der Waals surface area contributed by atoms with Crippen LogP contribution in [0.15, 0.2) is 18.2 Å². The van der Waals surface area contributed by atoms with Gasteiger partial charge in [0.25, 0.3) is 5.91 Å². The van der Waals surface area contributed by atoms with Gasteiger partial charge in [-0.3, -0.25) is 4.79 Å². The lowest BCUT2D eigenvalue weighted by molar-refractivity contribution is 0.0921. The molecule has 1 aliphatic rings. The minimum atomic E-state index is -0.0899. The Bertz CT molecular complexity index is 468. The first-order valence-electron chi connectivity index (χ1n) is 7.31. The lowest BCUT2D eigenvalue weighted by atomic mass is 9.97. The standard InChI is InChI=1S/C16H24N2O2/c1-11-7-8-15(20-2)13(9-11)16(19)18-14(10-17)12-5-3-4-6-12/h7-9,12,14H,3-6,10,17H2,1-2H3,(H,18,19). The molecular weight excluding hydrogens is 252 g/mol. The highest BCUT2D eigenvalue weighted by Gasteiger charge is 2.26. The number of nitrogens with two attached hydrogens (primary N) is 1. The van der Waals surface area contributed by atoms with Crippen LogP contribution in [0.25, 0.3) is 0 Å². The molecule has 3 N–H and O–H groups in total. The molecule has 1 atom stereocenters. The van der Waals surface area contributed by atoms with Crippen LogP contribution < -0.4 is 15.8 Å². The van der Waals surface area contributed by atoms with Crippen molar-refractivity contribution in [2.45, 2.75) is 38.6 Å². The van der Waals surface area contributed by atoms with Crippen molar-refractivity contribution in [3.05, 3.63) is 29.3 Å². The Morgan fingerprint density at radius 2 is 2.15 bits per heavy atom. The van der Waals surface area contributed by atoms with E-state index >= 15 is 0 Å². The van der Waals surface area contributed by atoms with Crippen LogP contribution in [0, 0.1) is 12.8 Å². The van der Waals surface area contributed by atoms with Crippen LogP contribution in [-0.4, -0.2) is 25.6 Å². The van der Waals surface area contributed by atoms with Crippen LogP contribution in [0.1, 0.15) is 41.6 Å². The predicted octanol–water partition coefficient (Wildman–Crippen LogP) is 2.25. The van der Waals surface area contributed by atoms with E-state index in [9.17, 15) is 4.79 Å². The van der Waals surface area contributed by atoms with E-state index in [-0.39, 0.29) is 11.9 Å². The van der Waals surface area contributed by atoms with Gasteiger partial charge in [0.2, 0.25) is 0 Å². The zero-order valence-electron chi connectivity index (χ0n) is 12.3. The third-order valence-corrected chi connectivity index (χ3v) is 4.14. The van der Waals surface area contributed by atoms with E-state index in [2.05, 4.69) is 5.32 Å². The molecule has 1 unspecified atom stereocenters. The van der Waals surface area contributed by atoms with Crippen LogP contribution in [0.4, 0.5) is 0 Å². The number of methoxy groups -OCH3 is 1. The van der Waals surface area contributed by atoms with Gasteiger partial charge in [-0.1, -0.05) is 24.5 Å². The average Bonchev–Trinajstić information content (AvgIpc) is 2.98. The highest BCUT2D eigenvalue weighted by atomic mass is 16.5. The van der Waals surface area contributed by atoms with Gasteiger partial charge in [-0.15, -0.1) is 0 Å². The van der Waals surface area contributed by atoms with Gasteiger partial charge in [-0.05, 0) is 37.8 Å². The van der Waals surface area contributed by atoms with Gasteiger partial charge in [-0.25, -0.2) is 0 Å². The molecule has 1 amide bonds. The van der Waals surface area contributed by atoms with Crippen molar-refractivity contribution in [1.29, 1.82) is 0 Å². The maximum absolute atomic E-state index is 12.5. The second kappa shape index (κ2) is 6.75. The first-order valence-corrected chi connectivity index (χ1v) is 7.31. The zero-order chi connectivity index (χ0) is 14.5. The van der Waals surface area contributed by atoms with Crippen molar-refractivity contribution in [2.24, 2.45) is 11.7 Å². The number of hydrogen-bond donors (Lipinski definition) is 2. The topological polar surface area (TPSA) is 64.3 Å². The molecule has 20 heavy (non-hydrogen) atoms. The first kappa shape index (κ1) is 14.9. The Kier molecular flexibility index (Phi) is 5.01. The van der Waals surface area contributed by atoms with E-state index < -0.39 is 0 Å². The minimum Gasteiger partial charge on any atom is -0.496 e. The van der Waals surface area contributed by atoms with E-state index in [0.717, 1.165) is 18.4 Å². The van der Waals surface area contributed by atoms with Gasteiger partial charge in [-0.2, -0.15) is 0 Å². The number of hydrogen-bond acceptors (Lipinski definition) is 3. The van der Waals surface area contributed by atoms with Crippen LogP contribution in [-0.2, 0) is 0 Å². The number of ether oxygens (including phenoxy) is 1. The largest absolute Gasteiger partial charge is 0.496 e. The normalized spacial score (nSPS) is 16.9. The summed E-state index contributed by atoms with van der Waals surface area (Å²) in [5.41, 5.74) is 7.46. The van der Waals surface area contributed by atoms with Gasteiger partial charge in [0.15, 0.2) is 0 Å². The van der Waals surface area contributed by atoms with E-state index in [1.807, 2.05) is 25.1 Å². The molecule has 0 aromatic heterocycles. The molecule has 0 radical (unpaired) electrons. The van der Waals surface area contributed by atoms with Crippen LogP contribution in [0.5, 0.6) is 5.75 Å². The Labute approximate surface area is 120 Å². The molecule has 1 aromatic carbocycles. The fraction of sp³-hybridized carbons (Fsp3) is 0.562. The molecule has 0 saturated heterocycles. The van der Waals surface area contributed by atoms with Crippen molar-refractivity contribution >= 4 is 5.91 Å². The highest BCUT2D eigenvalue weighted by molar-refractivity contribution is 5.97. The van der Waals surface area contributed by atoms with Gasteiger partial charge in [0.1, 0.15) is 5.75 Å². The third-order valence-electron chi connectivity index (χ3n) is 4.14. The van der Waals surface area contributed by atoms with E-state index in [1.165, 1.54) is 12.8 Å². The fourth-order valence-electron chi connectivity index (χ4n) is 2.97. The maximum atomic E-state index is 12.5. The van der Waals surface area contributed by atoms with Gasteiger partial charge in [0.05, 0.1) is 12.7 Å². The fourth-order valence-corrected chi connectivity index (χ4v) is 2.97. The molecule has 1 saturated carbocycles. The van der Waals surface area contributed by atoms with E-state index in [4.69, 9.17) is 10.5 Å². The molecule has 0 spiro atoms. The predicted molar refractivity (Wildman–Crippen MR) is 80.0 cm³/mol. The summed E-state index contributed by atoms with van der Waals surface area (Å²) >= 11 is 0. The molecule has 1 aliphatic carbocycles. The molecule has 110 valence electrons. The van der Waals surface area contributed by atoms with Crippen molar-refractivity contribution < 1.29 is 9.53 Å². The van der Waals surface area contributed by atoms with E-state index in [1.54, 1.807) is 7.11 Å². The summed E-state index contributed by atoms with van der Waals surface area (Å²) in [7, 11) is 1.58. The number of rotatable bonds is 5. The SMILES string of the molecule is COc1ccc(C)cc1C(=O)NC(CN)C1CCCC1. The Morgan fingerprint density at radius 3 is 2.75 bits per heavy atom. The lowest BCUT2D eigenvalue weighted by Gasteiger charge is -2.23. The Hall–Kier alpha value is -1.55. The second-order valence-corrected chi connectivity index (χ2v) is 5.56. The Morgan fingerprint density at radius 1 is 1.45 bits per heavy atom. The second-order valence-electron chi connectivity index (χ2n) is 5.56. The quantitative estimate of drug-likeness (QED) is 0.867. The summed E-state index contributed by atoms with van der Waals surface area (Å²) < 4.78 is 5.27. The molecular formula is C16H24N2O2. The molecule has 0 bridgehead atoms. The van der Waals surface area contributed by atoms with Crippen LogP contribution in [0.3, 0.4) is 0 Å². The van der Waals surface area contributed by atoms with Crippen LogP contribution in [0.2, 0.25) is 0 Å². The molecule has 0 aliphatic heterocycles. The van der Waals surface area contributed by atoms with Gasteiger partial charge >= 0.3 is 0 Å². The molecule has 0 heterocycles. The molecule has 4 nitrogen and oxygen atoms in total. The minimum absolute atomic E-state index is 0.0650. The van der Waals surface area contributed by atoms with Crippen molar-refractivity contribution in [3.8, 4) is 5.75 Å².